The summed E-state index contributed by atoms with van der Waals surface area (Å²) >= 11 is 0. The molecule has 29 heavy (non-hydrogen) atoms. The lowest BCUT2D eigenvalue weighted by atomic mass is 9.88. The molecule has 2 aromatic carbocycles. The Morgan fingerprint density at radius 1 is 1.00 bits per heavy atom. The molecule has 0 saturated heterocycles. The third-order valence-electron chi connectivity index (χ3n) is 4.83. The molecular formula is C21H20O8. The van der Waals surface area contributed by atoms with Crippen LogP contribution in [0.25, 0.3) is 0 Å². The van der Waals surface area contributed by atoms with Gasteiger partial charge in [-0.2, -0.15) is 0 Å². The summed E-state index contributed by atoms with van der Waals surface area (Å²) in [6.45, 7) is 2.98. The number of hydrogen-bond donors (Lipinski definition) is 0. The van der Waals surface area contributed by atoms with Gasteiger partial charge in [0, 0.05) is 31.5 Å². The van der Waals surface area contributed by atoms with Gasteiger partial charge >= 0.3 is 11.9 Å². The van der Waals surface area contributed by atoms with Crippen molar-refractivity contribution in [3.63, 3.8) is 0 Å². The summed E-state index contributed by atoms with van der Waals surface area (Å²) in [5, 5.41) is 0. The third-order valence-corrected chi connectivity index (χ3v) is 4.83. The highest BCUT2D eigenvalue weighted by Crippen LogP contribution is 2.59. The van der Waals surface area contributed by atoms with Crippen molar-refractivity contribution in [2.75, 3.05) is 20.8 Å². The fourth-order valence-corrected chi connectivity index (χ4v) is 3.76. The van der Waals surface area contributed by atoms with Crippen LogP contribution in [0.5, 0.6) is 34.5 Å². The fraction of sp³-hybridized carbons (Fsp3) is 0.333. The highest BCUT2D eigenvalue weighted by molar-refractivity contribution is 5.74. The van der Waals surface area contributed by atoms with Crippen LogP contribution < -0.4 is 28.4 Å². The Bertz CT molecular complexity index is 997. The summed E-state index contributed by atoms with van der Waals surface area (Å²) in [7, 11) is 3.02. The number of esters is 2. The molecule has 0 fully saturated rings. The normalized spacial score (nSPS) is 18.3. The van der Waals surface area contributed by atoms with E-state index in [1.165, 1.54) is 28.1 Å². The van der Waals surface area contributed by atoms with E-state index in [0.717, 1.165) is 11.1 Å². The molecule has 0 N–H and O–H groups in total. The van der Waals surface area contributed by atoms with Crippen molar-refractivity contribution in [1.29, 1.82) is 0 Å². The number of fused-ring (bicyclic) bond motifs is 5. The van der Waals surface area contributed by atoms with E-state index in [1.54, 1.807) is 18.2 Å². The average molecular weight is 400 g/mol. The van der Waals surface area contributed by atoms with Gasteiger partial charge in [0.2, 0.25) is 5.75 Å². The van der Waals surface area contributed by atoms with Crippen LogP contribution in [-0.2, 0) is 9.59 Å². The first-order valence-electron chi connectivity index (χ1n) is 9.02. The van der Waals surface area contributed by atoms with E-state index in [2.05, 4.69) is 0 Å². The van der Waals surface area contributed by atoms with E-state index >= 15 is 0 Å². The molecule has 2 atom stereocenters. The van der Waals surface area contributed by atoms with E-state index in [1.807, 2.05) is 6.07 Å². The summed E-state index contributed by atoms with van der Waals surface area (Å²) in [4.78, 5) is 22.7. The Kier molecular flexibility index (Phi) is 4.70. The molecule has 2 aliphatic rings. The van der Waals surface area contributed by atoms with Gasteiger partial charge in [-0.25, -0.2) is 0 Å². The van der Waals surface area contributed by atoms with Crippen molar-refractivity contribution >= 4 is 11.9 Å². The van der Waals surface area contributed by atoms with E-state index in [9.17, 15) is 9.59 Å². The zero-order valence-electron chi connectivity index (χ0n) is 16.4. The molecule has 8 heteroatoms. The van der Waals surface area contributed by atoms with Crippen LogP contribution in [-0.4, -0.2) is 32.8 Å². The Morgan fingerprint density at radius 3 is 2.41 bits per heavy atom. The molecule has 0 aromatic heterocycles. The van der Waals surface area contributed by atoms with E-state index < -0.39 is 11.9 Å². The second-order valence-electron chi connectivity index (χ2n) is 6.70. The first-order valence-corrected chi connectivity index (χ1v) is 9.02. The molecule has 2 aromatic rings. The highest BCUT2D eigenvalue weighted by atomic mass is 16.6. The molecule has 0 saturated carbocycles. The maximum absolute atomic E-state index is 11.5. The number of carbonyl (C=O) groups excluding carboxylic acids is 2. The standard InChI is InChI=1S/C21H20O8/c1-10(22)27-12-5-6-13-15(7-12)26-9-14-18-16(24-3)8-17(28-11(2)23)20(25-4)21(18)29-19(13)14/h5-8,14,19H,9H2,1-4H3. The molecule has 0 spiro atoms. The van der Waals surface area contributed by atoms with Crippen LogP contribution in [0.3, 0.4) is 0 Å². The number of hydrogen-bond acceptors (Lipinski definition) is 8. The molecule has 2 unspecified atom stereocenters. The van der Waals surface area contributed by atoms with Gasteiger partial charge in [-0.15, -0.1) is 0 Å². The molecule has 0 radical (unpaired) electrons. The van der Waals surface area contributed by atoms with Crippen LogP contribution in [0, 0.1) is 0 Å². The maximum atomic E-state index is 11.5. The van der Waals surface area contributed by atoms with Crippen molar-refractivity contribution in [1.82, 2.24) is 0 Å². The summed E-state index contributed by atoms with van der Waals surface area (Å²) < 4.78 is 33.6. The number of methoxy groups -OCH3 is 2. The maximum Gasteiger partial charge on any atom is 0.308 e. The molecule has 0 amide bonds. The van der Waals surface area contributed by atoms with Crippen molar-refractivity contribution in [3.8, 4) is 34.5 Å². The zero-order valence-corrected chi connectivity index (χ0v) is 16.4. The smallest absolute Gasteiger partial charge is 0.308 e. The van der Waals surface area contributed by atoms with Gasteiger partial charge in [0.15, 0.2) is 11.5 Å². The van der Waals surface area contributed by atoms with Gasteiger partial charge in [0.05, 0.1) is 32.3 Å². The highest BCUT2D eigenvalue weighted by Gasteiger charge is 2.45. The second-order valence-corrected chi connectivity index (χ2v) is 6.70. The van der Waals surface area contributed by atoms with Gasteiger partial charge in [-0.05, 0) is 12.1 Å². The summed E-state index contributed by atoms with van der Waals surface area (Å²) in [5.74, 6) is 1.47. The van der Waals surface area contributed by atoms with Crippen LogP contribution in [0.15, 0.2) is 24.3 Å². The van der Waals surface area contributed by atoms with Gasteiger partial charge in [-0.1, -0.05) is 0 Å². The summed E-state index contributed by atoms with van der Waals surface area (Å²) in [6.07, 6.45) is -0.351. The Balaban J connectivity index is 1.78. The topological polar surface area (TPSA) is 89.5 Å². The molecule has 0 aliphatic carbocycles. The zero-order chi connectivity index (χ0) is 20.7. The monoisotopic (exact) mass is 400 g/mol. The van der Waals surface area contributed by atoms with Crippen LogP contribution in [0.4, 0.5) is 0 Å². The first kappa shape index (κ1) is 18.9. The number of rotatable bonds is 4. The number of benzene rings is 2. The average Bonchev–Trinajstić information content (AvgIpc) is 3.06. The van der Waals surface area contributed by atoms with Gasteiger partial charge in [-0.3, -0.25) is 9.59 Å². The predicted octanol–water partition coefficient (Wildman–Crippen LogP) is 3.16. The lowest BCUT2D eigenvalue weighted by Crippen LogP contribution is -2.23. The van der Waals surface area contributed by atoms with Gasteiger partial charge in [0.25, 0.3) is 0 Å². The van der Waals surface area contributed by atoms with E-state index in [-0.39, 0.29) is 17.8 Å². The van der Waals surface area contributed by atoms with E-state index in [0.29, 0.717) is 35.4 Å². The minimum absolute atomic E-state index is 0.146. The Labute approximate surface area is 167 Å². The molecule has 2 aliphatic heterocycles. The minimum atomic E-state index is -0.479. The van der Waals surface area contributed by atoms with Crippen LogP contribution in [0.2, 0.25) is 0 Å². The quantitative estimate of drug-likeness (QED) is 0.571. The minimum Gasteiger partial charge on any atom is -0.496 e. The molecule has 152 valence electrons. The van der Waals surface area contributed by atoms with Crippen LogP contribution >= 0.6 is 0 Å². The third kappa shape index (κ3) is 3.20. The van der Waals surface area contributed by atoms with Crippen molar-refractivity contribution in [3.05, 3.63) is 35.4 Å². The Hall–Kier alpha value is -3.42. The first-order chi connectivity index (χ1) is 13.9. The molecule has 8 nitrogen and oxygen atoms in total. The number of ether oxygens (including phenoxy) is 6. The fourth-order valence-electron chi connectivity index (χ4n) is 3.76. The SMILES string of the molecule is COc1cc(OC(C)=O)c(OC)c2c1C1COc3cc(OC(C)=O)ccc3C1O2. The molecule has 0 bridgehead atoms. The largest absolute Gasteiger partial charge is 0.496 e. The van der Waals surface area contributed by atoms with Crippen LogP contribution in [0.1, 0.15) is 37.0 Å². The van der Waals surface area contributed by atoms with Crippen molar-refractivity contribution in [2.24, 2.45) is 0 Å². The van der Waals surface area contributed by atoms with Crippen molar-refractivity contribution < 1.29 is 38.0 Å². The van der Waals surface area contributed by atoms with E-state index in [4.69, 9.17) is 28.4 Å². The Morgan fingerprint density at radius 2 is 1.76 bits per heavy atom. The second kappa shape index (κ2) is 7.20. The molecule has 2 heterocycles. The molecule has 4 rings (SSSR count). The van der Waals surface area contributed by atoms with Gasteiger partial charge < -0.3 is 28.4 Å². The summed E-state index contributed by atoms with van der Waals surface area (Å²) in [5.41, 5.74) is 1.60. The molecular weight excluding hydrogens is 380 g/mol. The van der Waals surface area contributed by atoms with Gasteiger partial charge in [0.1, 0.15) is 23.4 Å². The number of carbonyl (C=O) groups is 2. The summed E-state index contributed by atoms with van der Waals surface area (Å²) in [6, 6.07) is 6.78. The lowest BCUT2D eigenvalue weighted by molar-refractivity contribution is -0.132. The van der Waals surface area contributed by atoms with Crippen molar-refractivity contribution in [2.45, 2.75) is 25.9 Å². The lowest BCUT2D eigenvalue weighted by Gasteiger charge is -2.28. The predicted molar refractivity (Wildman–Crippen MR) is 100 cm³/mol.